The smallest absolute Gasteiger partial charge is 0.0740 e. The highest BCUT2D eigenvalue weighted by Gasteiger charge is 2.14. The standard InChI is InChI=1S/C8H15N5/c1-11-2-4-12(5-3-11)13-7-8(9)6-10-13/h6-7H,2-5,9H2,1H3. The lowest BCUT2D eigenvalue weighted by Crippen LogP contribution is -2.49. The molecule has 0 aromatic carbocycles. The molecular weight excluding hydrogens is 166 g/mol. The minimum Gasteiger partial charge on any atom is -0.396 e. The third-order valence-electron chi connectivity index (χ3n) is 2.36. The van der Waals surface area contributed by atoms with Gasteiger partial charge in [0.2, 0.25) is 0 Å². The third kappa shape index (κ3) is 1.75. The van der Waals surface area contributed by atoms with Crippen LogP contribution in [0.5, 0.6) is 0 Å². The number of anilines is 1. The van der Waals surface area contributed by atoms with E-state index >= 15 is 0 Å². The molecule has 0 spiro atoms. The van der Waals surface area contributed by atoms with Crippen LogP contribution in [0.1, 0.15) is 0 Å². The van der Waals surface area contributed by atoms with Crippen LogP contribution in [-0.2, 0) is 0 Å². The van der Waals surface area contributed by atoms with E-state index in [9.17, 15) is 0 Å². The van der Waals surface area contributed by atoms with Gasteiger partial charge >= 0.3 is 0 Å². The zero-order valence-corrected chi connectivity index (χ0v) is 7.85. The van der Waals surface area contributed by atoms with Crippen LogP contribution in [0.25, 0.3) is 0 Å². The molecule has 0 unspecified atom stereocenters. The number of aromatic nitrogens is 2. The molecule has 0 amide bonds. The van der Waals surface area contributed by atoms with Gasteiger partial charge in [0.25, 0.3) is 0 Å². The Morgan fingerprint density at radius 2 is 2.00 bits per heavy atom. The number of nitrogens with zero attached hydrogens (tertiary/aromatic N) is 4. The predicted octanol–water partition coefficient (Wildman–Crippen LogP) is -0.651. The first kappa shape index (κ1) is 8.37. The van der Waals surface area contributed by atoms with Crippen molar-refractivity contribution in [1.29, 1.82) is 0 Å². The van der Waals surface area contributed by atoms with Crippen LogP contribution in [0.4, 0.5) is 5.69 Å². The fourth-order valence-electron chi connectivity index (χ4n) is 1.48. The van der Waals surface area contributed by atoms with Gasteiger partial charge < -0.3 is 10.6 Å². The van der Waals surface area contributed by atoms with Gasteiger partial charge in [0, 0.05) is 26.2 Å². The van der Waals surface area contributed by atoms with Crippen LogP contribution in [0, 0.1) is 0 Å². The van der Waals surface area contributed by atoms with Crippen molar-refractivity contribution in [2.45, 2.75) is 0 Å². The van der Waals surface area contributed by atoms with Crippen LogP contribution in [0.3, 0.4) is 0 Å². The molecule has 1 saturated heterocycles. The van der Waals surface area contributed by atoms with Crippen molar-refractivity contribution < 1.29 is 0 Å². The number of rotatable bonds is 1. The molecule has 1 aliphatic heterocycles. The van der Waals surface area contributed by atoms with E-state index in [1.54, 1.807) is 6.20 Å². The lowest BCUT2D eigenvalue weighted by molar-refractivity contribution is 0.281. The molecule has 13 heavy (non-hydrogen) atoms. The molecule has 2 rings (SSSR count). The Morgan fingerprint density at radius 3 is 2.54 bits per heavy atom. The highest BCUT2D eigenvalue weighted by Crippen LogP contribution is 2.02. The summed E-state index contributed by atoms with van der Waals surface area (Å²) in [6.07, 6.45) is 3.53. The Bertz CT molecular complexity index is 274. The minimum absolute atomic E-state index is 0.721. The molecular formula is C8H15N5. The van der Waals surface area contributed by atoms with E-state index in [1.165, 1.54) is 0 Å². The molecule has 1 aromatic heterocycles. The van der Waals surface area contributed by atoms with E-state index in [-0.39, 0.29) is 0 Å². The van der Waals surface area contributed by atoms with Gasteiger partial charge in [-0.05, 0) is 7.05 Å². The van der Waals surface area contributed by atoms with Crippen LogP contribution in [-0.4, -0.2) is 48.0 Å². The average molecular weight is 181 g/mol. The van der Waals surface area contributed by atoms with Gasteiger partial charge in [0.15, 0.2) is 0 Å². The minimum atomic E-state index is 0.721. The van der Waals surface area contributed by atoms with Gasteiger partial charge in [-0.2, -0.15) is 9.89 Å². The molecule has 1 fully saturated rings. The largest absolute Gasteiger partial charge is 0.396 e. The fraction of sp³-hybridized carbons (Fsp3) is 0.625. The summed E-state index contributed by atoms with van der Waals surface area (Å²) in [7, 11) is 2.13. The van der Waals surface area contributed by atoms with Gasteiger partial charge in [-0.15, -0.1) is 0 Å². The van der Waals surface area contributed by atoms with Crippen LogP contribution < -0.4 is 10.7 Å². The van der Waals surface area contributed by atoms with E-state index in [2.05, 4.69) is 22.1 Å². The first-order valence-electron chi connectivity index (χ1n) is 4.49. The number of hydrogen-bond acceptors (Lipinski definition) is 4. The van der Waals surface area contributed by atoms with E-state index in [0.717, 1.165) is 31.9 Å². The van der Waals surface area contributed by atoms with E-state index < -0.39 is 0 Å². The van der Waals surface area contributed by atoms with E-state index in [0.29, 0.717) is 0 Å². The van der Waals surface area contributed by atoms with Crippen molar-refractivity contribution in [2.75, 3.05) is 44.0 Å². The van der Waals surface area contributed by atoms with Gasteiger partial charge in [-0.25, -0.2) is 0 Å². The summed E-state index contributed by atoms with van der Waals surface area (Å²) < 4.78 is 0. The molecule has 1 aliphatic rings. The molecule has 0 atom stereocenters. The monoisotopic (exact) mass is 181 g/mol. The first-order valence-corrected chi connectivity index (χ1v) is 4.49. The SMILES string of the molecule is CN1CCN(n2cc(N)cn2)CC1. The maximum atomic E-state index is 5.59. The lowest BCUT2D eigenvalue weighted by atomic mass is 10.4. The van der Waals surface area contributed by atoms with Crippen molar-refractivity contribution in [3.05, 3.63) is 12.4 Å². The summed E-state index contributed by atoms with van der Waals surface area (Å²) in [4.78, 5) is 4.14. The van der Waals surface area contributed by atoms with Gasteiger partial charge in [-0.3, -0.25) is 5.01 Å². The van der Waals surface area contributed by atoms with E-state index in [4.69, 9.17) is 5.73 Å². The van der Waals surface area contributed by atoms with Gasteiger partial charge in [0.1, 0.15) is 0 Å². The number of likely N-dealkylation sites (N-methyl/N-ethyl adjacent to an activating group) is 1. The lowest BCUT2D eigenvalue weighted by Gasteiger charge is -2.33. The van der Waals surface area contributed by atoms with Gasteiger partial charge in [-0.1, -0.05) is 0 Å². The predicted molar refractivity (Wildman–Crippen MR) is 52.1 cm³/mol. The number of piperazine rings is 1. The normalized spacial score (nSPS) is 19.3. The Labute approximate surface area is 77.7 Å². The highest BCUT2D eigenvalue weighted by atomic mass is 15.7. The Morgan fingerprint density at radius 1 is 1.31 bits per heavy atom. The number of nitrogen functional groups attached to an aromatic ring is 1. The third-order valence-corrected chi connectivity index (χ3v) is 2.36. The molecule has 72 valence electrons. The van der Waals surface area contributed by atoms with Crippen molar-refractivity contribution in [3.8, 4) is 0 Å². The average Bonchev–Trinajstić information content (AvgIpc) is 2.53. The molecule has 2 N–H and O–H groups in total. The Kier molecular flexibility index (Phi) is 2.10. The molecule has 1 aromatic rings. The van der Waals surface area contributed by atoms with Crippen molar-refractivity contribution in [3.63, 3.8) is 0 Å². The zero-order chi connectivity index (χ0) is 9.26. The Hall–Kier alpha value is -1.23. The molecule has 0 bridgehead atoms. The molecule has 0 radical (unpaired) electrons. The molecule has 5 heteroatoms. The van der Waals surface area contributed by atoms with Gasteiger partial charge in [0.05, 0.1) is 18.1 Å². The fourth-order valence-corrected chi connectivity index (χ4v) is 1.48. The second-order valence-electron chi connectivity index (χ2n) is 3.45. The molecule has 2 heterocycles. The number of nitrogens with two attached hydrogens (primary N) is 1. The summed E-state index contributed by atoms with van der Waals surface area (Å²) in [6, 6.07) is 0. The van der Waals surface area contributed by atoms with Crippen molar-refractivity contribution >= 4 is 5.69 Å². The van der Waals surface area contributed by atoms with Crippen LogP contribution in [0.15, 0.2) is 12.4 Å². The maximum Gasteiger partial charge on any atom is 0.0740 e. The van der Waals surface area contributed by atoms with Crippen LogP contribution >= 0.6 is 0 Å². The summed E-state index contributed by atoms with van der Waals surface area (Å²) in [5, 5.41) is 6.35. The summed E-state index contributed by atoms with van der Waals surface area (Å²) in [5.41, 5.74) is 6.31. The topological polar surface area (TPSA) is 50.3 Å². The second kappa shape index (κ2) is 3.26. The summed E-state index contributed by atoms with van der Waals surface area (Å²) in [5.74, 6) is 0. The Balaban J connectivity index is 2.02. The zero-order valence-electron chi connectivity index (χ0n) is 7.85. The summed E-state index contributed by atoms with van der Waals surface area (Å²) >= 11 is 0. The quantitative estimate of drug-likeness (QED) is 0.625. The van der Waals surface area contributed by atoms with Crippen molar-refractivity contribution in [2.24, 2.45) is 0 Å². The molecule has 0 saturated carbocycles. The number of hydrogen-bond donors (Lipinski definition) is 1. The van der Waals surface area contributed by atoms with Crippen LogP contribution in [0.2, 0.25) is 0 Å². The first-order chi connectivity index (χ1) is 6.25. The molecule has 5 nitrogen and oxygen atoms in total. The molecule has 0 aliphatic carbocycles. The summed E-state index contributed by atoms with van der Waals surface area (Å²) in [6.45, 7) is 4.19. The maximum absolute atomic E-state index is 5.59. The second-order valence-corrected chi connectivity index (χ2v) is 3.45. The van der Waals surface area contributed by atoms with Crippen molar-refractivity contribution in [1.82, 2.24) is 14.8 Å². The highest BCUT2D eigenvalue weighted by molar-refractivity contribution is 5.31. The van der Waals surface area contributed by atoms with E-state index in [1.807, 2.05) is 11.0 Å².